The van der Waals surface area contributed by atoms with E-state index < -0.39 is 0 Å². The minimum atomic E-state index is -0.190. The second-order valence-electron chi connectivity index (χ2n) is 9.65. The maximum atomic E-state index is 13.0. The molecule has 4 aliphatic carbocycles. The van der Waals surface area contributed by atoms with Gasteiger partial charge in [0.2, 0.25) is 11.8 Å². The van der Waals surface area contributed by atoms with E-state index in [9.17, 15) is 14.4 Å². The summed E-state index contributed by atoms with van der Waals surface area (Å²) >= 11 is 0. The molecule has 0 unspecified atom stereocenters. The predicted molar refractivity (Wildman–Crippen MR) is 106 cm³/mol. The normalized spacial score (nSPS) is 34.8. The van der Waals surface area contributed by atoms with E-state index in [1.54, 1.807) is 24.3 Å². The van der Waals surface area contributed by atoms with E-state index in [2.05, 4.69) is 12.2 Å². The third-order valence-corrected chi connectivity index (χ3v) is 7.77. The molecule has 5 aliphatic rings. The summed E-state index contributed by atoms with van der Waals surface area (Å²) in [6, 6.07) is 7.05. The molecule has 1 aromatic carbocycles. The number of anilines is 1. The summed E-state index contributed by atoms with van der Waals surface area (Å²) < 4.78 is 0. The third kappa shape index (κ3) is 2.87. The number of benzene rings is 1. The van der Waals surface area contributed by atoms with Gasteiger partial charge in [-0.15, -0.1) is 0 Å². The zero-order chi connectivity index (χ0) is 19.5. The lowest BCUT2D eigenvalue weighted by molar-refractivity contribution is -0.121. The molecule has 4 bridgehead atoms. The van der Waals surface area contributed by atoms with Crippen LogP contribution < -0.4 is 10.2 Å². The van der Waals surface area contributed by atoms with Crippen molar-refractivity contribution in [3.8, 4) is 0 Å². The summed E-state index contributed by atoms with van der Waals surface area (Å²) in [6.45, 7) is 2.17. The first-order chi connectivity index (χ1) is 13.4. The molecule has 0 aromatic heterocycles. The Morgan fingerprint density at radius 1 is 1.04 bits per heavy atom. The Hall–Kier alpha value is -2.17. The summed E-state index contributed by atoms with van der Waals surface area (Å²) in [6.07, 6.45) is 8.40. The first kappa shape index (κ1) is 17.9. The third-order valence-electron chi connectivity index (χ3n) is 7.77. The van der Waals surface area contributed by atoms with Crippen LogP contribution in [0.1, 0.15) is 68.6 Å². The van der Waals surface area contributed by atoms with Gasteiger partial charge in [0.05, 0.1) is 5.69 Å². The van der Waals surface area contributed by atoms with Gasteiger partial charge < -0.3 is 5.32 Å². The lowest BCUT2D eigenvalue weighted by Crippen LogP contribution is -2.55. The largest absolute Gasteiger partial charge is 0.349 e. The fourth-order valence-electron chi connectivity index (χ4n) is 6.79. The van der Waals surface area contributed by atoms with Gasteiger partial charge in [0.25, 0.3) is 5.91 Å². The van der Waals surface area contributed by atoms with Crippen LogP contribution in [0.2, 0.25) is 0 Å². The van der Waals surface area contributed by atoms with E-state index in [-0.39, 0.29) is 42.0 Å². The summed E-state index contributed by atoms with van der Waals surface area (Å²) in [5, 5.41) is 3.27. The van der Waals surface area contributed by atoms with Gasteiger partial charge in [0, 0.05) is 24.4 Å². The minimum absolute atomic E-state index is 0.107. The number of hydrogen-bond donors (Lipinski definition) is 1. The first-order valence-electron chi connectivity index (χ1n) is 10.7. The summed E-state index contributed by atoms with van der Waals surface area (Å²) in [5.74, 6) is 2.06. The highest BCUT2D eigenvalue weighted by molar-refractivity contribution is 6.20. The molecule has 0 radical (unpaired) electrons. The predicted octanol–water partition coefficient (Wildman–Crippen LogP) is 3.67. The molecule has 0 spiro atoms. The molecule has 1 aromatic rings. The lowest BCUT2D eigenvalue weighted by Gasteiger charge is -2.59. The molecule has 1 N–H and O–H groups in total. The molecule has 5 nitrogen and oxygen atoms in total. The molecule has 1 heterocycles. The van der Waals surface area contributed by atoms with Gasteiger partial charge in [-0.3, -0.25) is 19.3 Å². The van der Waals surface area contributed by atoms with E-state index in [1.165, 1.54) is 43.4 Å². The van der Waals surface area contributed by atoms with E-state index in [4.69, 9.17) is 0 Å². The van der Waals surface area contributed by atoms with Crippen molar-refractivity contribution in [2.24, 2.45) is 23.2 Å². The standard InChI is InChI=1S/C23H28N2O3/c1-14(23-11-15-7-16(12-23)9-17(8-15)13-23)24-22(28)18-3-2-4-19(10-18)25-20(26)5-6-21(25)27/h2-4,10,14-17H,5-9,11-13H2,1H3,(H,24,28)/t14-,15?,16?,17?,23?/m1/s1. The maximum absolute atomic E-state index is 13.0. The van der Waals surface area contributed by atoms with E-state index in [0.717, 1.165) is 17.8 Å². The number of imide groups is 1. The molecule has 6 rings (SSSR count). The number of hydrogen-bond acceptors (Lipinski definition) is 3. The summed E-state index contributed by atoms with van der Waals surface area (Å²) in [5.41, 5.74) is 1.27. The molecule has 3 amide bonds. The van der Waals surface area contributed by atoms with Crippen LogP contribution in [0, 0.1) is 23.2 Å². The maximum Gasteiger partial charge on any atom is 0.251 e. The fourth-order valence-corrected chi connectivity index (χ4v) is 6.79. The Bertz CT molecular complexity index is 795. The van der Waals surface area contributed by atoms with Crippen LogP contribution in [0.3, 0.4) is 0 Å². The second kappa shape index (κ2) is 6.43. The van der Waals surface area contributed by atoms with Crippen molar-refractivity contribution in [3.63, 3.8) is 0 Å². The van der Waals surface area contributed by atoms with Crippen LogP contribution in [0.25, 0.3) is 0 Å². The van der Waals surface area contributed by atoms with Gasteiger partial charge in [0.1, 0.15) is 0 Å². The molecule has 5 heteroatoms. The average Bonchev–Trinajstić information content (AvgIpc) is 2.99. The van der Waals surface area contributed by atoms with Crippen LogP contribution in [-0.2, 0) is 9.59 Å². The van der Waals surface area contributed by atoms with Crippen molar-refractivity contribution < 1.29 is 14.4 Å². The highest BCUT2D eigenvalue weighted by atomic mass is 16.2. The van der Waals surface area contributed by atoms with E-state index in [1.807, 2.05) is 0 Å². The van der Waals surface area contributed by atoms with Crippen molar-refractivity contribution in [1.29, 1.82) is 0 Å². The Morgan fingerprint density at radius 3 is 2.18 bits per heavy atom. The molecule has 148 valence electrons. The Balaban J connectivity index is 1.33. The molecule has 1 saturated heterocycles. The summed E-state index contributed by atoms with van der Waals surface area (Å²) in [7, 11) is 0. The number of carbonyl (C=O) groups excluding carboxylic acids is 3. The van der Waals surface area contributed by atoms with Crippen molar-refractivity contribution in [1.82, 2.24) is 5.32 Å². The molecule has 5 fully saturated rings. The fraction of sp³-hybridized carbons (Fsp3) is 0.609. The SMILES string of the molecule is C[C@@H](NC(=O)c1cccc(N2C(=O)CCC2=O)c1)C12CC3CC(CC(C3)C1)C2. The molecular formula is C23H28N2O3. The molecule has 4 saturated carbocycles. The van der Waals surface area contributed by atoms with Crippen molar-refractivity contribution in [2.75, 3.05) is 4.90 Å². The second-order valence-corrected chi connectivity index (χ2v) is 9.65. The number of rotatable bonds is 4. The van der Waals surface area contributed by atoms with Crippen LogP contribution in [0.15, 0.2) is 24.3 Å². The Kier molecular flexibility index (Phi) is 4.11. The van der Waals surface area contributed by atoms with Gasteiger partial charge in [-0.2, -0.15) is 0 Å². The van der Waals surface area contributed by atoms with Crippen LogP contribution in [-0.4, -0.2) is 23.8 Å². The minimum Gasteiger partial charge on any atom is -0.349 e. The Labute approximate surface area is 165 Å². The highest BCUT2D eigenvalue weighted by Gasteiger charge is 2.53. The molecule has 28 heavy (non-hydrogen) atoms. The molecule has 1 atom stereocenters. The zero-order valence-electron chi connectivity index (χ0n) is 16.4. The van der Waals surface area contributed by atoms with Gasteiger partial charge >= 0.3 is 0 Å². The van der Waals surface area contributed by atoms with Crippen molar-refractivity contribution in [2.45, 2.75) is 64.3 Å². The molecule has 1 aliphatic heterocycles. The number of carbonyl (C=O) groups is 3. The summed E-state index contributed by atoms with van der Waals surface area (Å²) in [4.78, 5) is 38.2. The highest BCUT2D eigenvalue weighted by Crippen LogP contribution is 2.61. The van der Waals surface area contributed by atoms with Crippen LogP contribution in [0.4, 0.5) is 5.69 Å². The topological polar surface area (TPSA) is 66.5 Å². The van der Waals surface area contributed by atoms with Gasteiger partial charge in [-0.25, -0.2) is 0 Å². The van der Waals surface area contributed by atoms with Gasteiger partial charge in [-0.1, -0.05) is 6.07 Å². The van der Waals surface area contributed by atoms with E-state index in [0.29, 0.717) is 11.3 Å². The molecular weight excluding hydrogens is 352 g/mol. The zero-order valence-corrected chi connectivity index (χ0v) is 16.4. The smallest absolute Gasteiger partial charge is 0.251 e. The quantitative estimate of drug-likeness (QED) is 0.811. The number of nitrogens with zero attached hydrogens (tertiary/aromatic N) is 1. The Morgan fingerprint density at radius 2 is 1.61 bits per heavy atom. The first-order valence-corrected chi connectivity index (χ1v) is 10.7. The lowest BCUT2D eigenvalue weighted by atomic mass is 9.48. The van der Waals surface area contributed by atoms with Crippen molar-refractivity contribution in [3.05, 3.63) is 29.8 Å². The van der Waals surface area contributed by atoms with E-state index >= 15 is 0 Å². The van der Waals surface area contributed by atoms with Gasteiger partial charge in [-0.05, 0) is 86.8 Å². The van der Waals surface area contributed by atoms with Crippen LogP contribution in [0.5, 0.6) is 0 Å². The monoisotopic (exact) mass is 380 g/mol. The van der Waals surface area contributed by atoms with Crippen LogP contribution >= 0.6 is 0 Å². The van der Waals surface area contributed by atoms with Gasteiger partial charge in [0.15, 0.2) is 0 Å². The average molecular weight is 380 g/mol. The van der Waals surface area contributed by atoms with Crippen molar-refractivity contribution >= 4 is 23.4 Å². The number of amides is 3. The number of nitrogens with one attached hydrogen (secondary N) is 1.